The molecule has 0 spiro atoms. The Labute approximate surface area is 119 Å². The van der Waals surface area contributed by atoms with E-state index in [1.165, 1.54) is 0 Å². The smallest absolute Gasteiger partial charge is 0.243 e. The molecular weight excluding hydrogens is 266 g/mol. The summed E-state index contributed by atoms with van der Waals surface area (Å²) in [7, 11) is 1.78. The quantitative estimate of drug-likeness (QED) is 0.731. The predicted octanol–water partition coefficient (Wildman–Crippen LogP) is 1.02. The average molecular weight is 286 g/mol. The predicted molar refractivity (Wildman–Crippen MR) is 78.4 cm³/mol. The summed E-state index contributed by atoms with van der Waals surface area (Å²) in [4.78, 5) is 23.1. The molecule has 2 amide bonds. The summed E-state index contributed by atoms with van der Waals surface area (Å²) in [6, 6.07) is 9.13. The molecule has 19 heavy (non-hydrogen) atoms. The van der Waals surface area contributed by atoms with Crippen LogP contribution < -0.4 is 16.0 Å². The lowest BCUT2D eigenvalue weighted by Gasteiger charge is -2.11. The van der Waals surface area contributed by atoms with Crippen molar-refractivity contribution in [2.24, 2.45) is 5.92 Å². The maximum absolute atomic E-state index is 11.6. The number of benzene rings is 1. The van der Waals surface area contributed by atoms with Crippen LogP contribution in [0.4, 0.5) is 5.69 Å². The van der Waals surface area contributed by atoms with Gasteiger partial charge in [-0.05, 0) is 19.2 Å². The van der Waals surface area contributed by atoms with Crippen molar-refractivity contribution in [2.45, 2.75) is 6.92 Å². The number of carbonyl (C=O) groups excluding carboxylic acids is 2. The van der Waals surface area contributed by atoms with Crippen LogP contribution in [0.3, 0.4) is 0 Å². The fraction of sp³-hybridized carbons (Fsp3) is 0.385. The number of hydrogen-bond acceptors (Lipinski definition) is 3. The molecule has 0 aliphatic rings. The monoisotopic (exact) mass is 285 g/mol. The van der Waals surface area contributed by atoms with Gasteiger partial charge in [0.15, 0.2) is 0 Å². The van der Waals surface area contributed by atoms with E-state index in [9.17, 15) is 9.59 Å². The molecule has 1 rings (SSSR count). The van der Waals surface area contributed by atoms with Crippen LogP contribution in [0.1, 0.15) is 6.92 Å². The fourth-order valence-electron chi connectivity index (χ4n) is 1.47. The molecule has 5 nitrogen and oxygen atoms in total. The van der Waals surface area contributed by atoms with Crippen molar-refractivity contribution < 1.29 is 9.59 Å². The highest BCUT2D eigenvalue weighted by atomic mass is 35.5. The number of hydrogen-bond donors (Lipinski definition) is 3. The van der Waals surface area contributed by atoms with Crippen molar-refractivity contribution in [2.75, 3.05) is 25.5 Å². The van der Waals surface area contributed by atoms with Gasteiger partial charge in [-0.2, -0.15) is 0 Å². The molecule has 0 aliphatic heterocycles. The number of amides is 2. The van der Waals surface area contributed by atoms with E-state index in [0.29, 0.717) is 6.54 Å². The number of para-hydroxylation sites is 1. The van der Waals surface area contributed by atoms with Crippen LogP contribution in [-0.2, 0) is 9.59 Å². The van der Waals surface area contributed by atoms with Crippen LogP contribution in [0.15, 0.2) is 30.3 Å². The largest absolute Gasteiger partial charge is 0.347 e. The Bertz CT molecular complexity index is 398. The zero-order valence-electron chi connectivity index (χ0n) is 11.1. The van der Waals surface area contributed by atoms with E-state index in [-0.39, 0.29) is 36.7 Å². The van der Waals surface area contributed by atoms with Crippen LogP contribution in [0, 0.1) is 5.92 Å². The van der Waals surface area contributed by atoms with Gasteiger partial charge in [0.05, 0.1) is 6.54 Å². The van der Waals surface area contributed by atoms with Gasteiger partial charge in [0, 0.05) is 18.2 Å². The van der Waals surface area contributed by atoms with Crippen molar-refractivity contribution >= 4 is 29.9 Å². The number of nitrogens with one attached hydrogen (secondary N) is 3. The number of halogens is 1. The first kappa shape index (κ1) is 17.4. The van der Waals surface area contributed by atoms with Gasteiger partial charge in [-0.25, -0.2) is 0 Å². The second-order valence-corrected chi connectivity index (χ2v) is 4.09. The lowest BCUT2D eigenvalue weighted by atomic mass is 10.1. The van der Waals surface area contributed by atoms with Crippen molar-refractivity contribution in [1.29, 1.82) is 0 Å². The van der Waals surface area contributed by atoms with Gasteiger partial charge in [0.25, 0.3) is 0 Å². The van der Waals surface area contributed by atoms with E-state index in [1.54, 1.807) is 26.1 Å². The first-order valence-corrected chi connectivity index (χ1v) is 5.90. The summed E-state index contributed by atoms with van der Waals surface area (Å²) in [5.74, 6) is -0.515. The molecule has 0 heterocycles. The lowest BCUT2D eigenvalue weighted by Crippen LogP contribution is -2.38. The topological polar surface area (TPSA) is 70.2 Å². The Balaban J connectivity index is 0.00000324. The minimum Gasteiger partial charge on any atom is -0.347 e. The Kier molecular flexibility index (Phi) is 8.57. The van der Waals surface area contributed by atoms with E-state index in [1.807, 2.05) is 18.2 Å². The molecule has 6 heteroatoms. The average Bonchev–Trinajstić information content (AvgIpc) is 2.37. The van der Waals surface area contributed by atoms with Gasteiger partial charge in [0.2, 0.25) is 11.8 Å². The van der Waals surface area contributed by atoms with Crippen LogP contribution in [-0.4, -0.2) is 32.0 Å². The Hall–Kier alpha value is -1.59. The molecule has 0 saturated carbocycles. The van der Waals surface area contributed by atoms with E-state index in [0.717, 1.165) is 5.69 Å². The third kappa shape index (κ3) is 6.79. The van der Waals surface area contributed by atoms with E-state index in [4.69, 9.17) is 0 Å². The van der Waals surface area contributed by atoms with Crippen molar-refractivity contribution in [3.05, 3.63) is 30.3 Å². The molecule has 1 aromatic rings. The minimum atomic E-state index is -0.230. The Morgan fingerprint density at radius 2 is 1.84 bits per heavy atom. The van der Waals surface area contributed by atoms with Crippen molar-refractivity contribution in [3.8, 4) is 0 Å². The van der Waals surface area contributed by atoms with E-state index in [2.05, 4.69) is 16.0 Å². The maximum atomic E-state index is 11.6. The fourth-order valence-corrected chi connectivity index (χ4v) is 1.47. The zero-order chi connectivity index (χ0) is 13.4. The summed E-state index contributed by atoms with van der Waals surface area (Å²) < 4.78 is 0. The van der Waals surface area contributed by atoms with Gasteiger partial charge in [-0.1, -0.05) is 25.1 Å². The molecule has 0 aliphatic carbocycles. The zero-order valence-corrected chi connectivity index (χ0v) is 11.9. The molecule has 1 aromatic carbocycles. The molecule has 1 atom stereocenters. The second-order valence-electron chi connectivity index (χ2n) is 4.09. The van der Waals surface area contributed by atoms with Crippen LogP contribution >= 0.6 is 12.4 Å². The number of carbonyl (C=O) groups is 2. The van der Waals surface area contributed by atoms with Gasteiger partial charge in [0.1, 0.15) is 0 Å². The van der Waals surface area contributed by atoms with Crippen molar-refractivity contribution in [3.63, 3.8) is 0 Å². The van der Waals surface area contributed by atoms with E-state index < -0.39 is 0 Å². The van der Waals surface area contributed by atoms with Gasteiger partial charge < -0.3 is 16.0 Å². The van der Waals surface area contributed by atoms with Gasteiger partial charge in [-0.3, -0.25) is 9.59 Å². The highest BCUT2D eigenvalue weighted by molar-refractivity contribution is 5.94. The maximum Gasteiger partial charge on any atom is 0.243 e. The van der Waals surface area contributed by atoms with Crippen molar-refractivity contribution in [1.82, 2.24) is 10.6 Å². The summed E-state index contributed by atoms with van der Waals surface area (Å²) in [6.07, 6.45) is 0. The number of anilines is 1. The molecule has 3 N–H and O–H groups in total. The Morgan fingerprint density at radius 3 is 2.42 bits per heavy atom. The molecule has 0 aromatic heterocycles. The SMILES string of the molecule is CNCC(C)C(=O)NCC(=O)Nc1ccccc1.Cl. The highest BCUT2D eigenvalue weighted by Crippen LogP contribution is 2.04. The van der Waals surface area contributed by atoms with Gasteiger partial charge in [-0.15, -0.1) is 12.4 Å². The third-order valence-electron chi connectivity index (χ3n) is 2.44. The number of rotatable bonds is 6. The molecule has 106 valence electrons. The summed E-state index contributed by atoms with van der Waals surface area (Å²) in [5.41, 5.74) is 0.722. The van der Waals surface area contributed by atoms with E-state index >= 15 is 0 Å². The molecule has 0 radical (unpaired) electrons. The molecule has 0 saturated heterocycles. The molecule has 0 bridgehead atoms. The molecular formula is C13H20ClN3O2. The second kappa shape index (κ2) is 9.35. The minimum absolute atomic E-state index is 0. The summed E-state index contributed by atoms with van der Waals surface area (Å²) in [5, 5.41) is 8.21. The molecule has 1 unspecified atom stereocenters. The lowest BCUT2D eigenvalue weighted by molar-refractivity contribution is -0.126. The summed E-state index contributed by atoms with van der Waals surface area (Å²) >= 11 is 0. The standard InChI is InChI=1S/C13H19N3O2.ClH/c1-10(8-14-2)13(18)15-9-12(17)16-11-6-4-3-5-7-11;/h3-7,10,14H,8-9H2,1-2H3,(H,15,18)(H,16,17);1H. The summed E-state index contributed by atoms with van der Waals surface area (Å²) in [6.45, 7) is 2.38. The third-order valence-corrected chi connectivity index (χ3v) is 2.44. The van der Waals surface area contributed by atoms with Gasteiger partial charge >= 0.3 is 0 Å². The van der Waals surface area contributed by atoms with Crippen LogP contribution in [0.25, 0.3) is 0 Å². The van der Waals surface area contributed by atoms with Crippen LogP contribution in [0.2, 0.25) is 0 Å². The first-order valence-electron chi connectivity index (χ1n) is 5.90. The first-order chi connectivity index (χ1) is 8.63. The highest BCUT2D eigenvalue weighted by Gasteiger charge is 2.12. The molecule has 0 fully saturated rings. The van der Waals surface area contributed by atoms with Crippen LogP contribution in [0.5, 0.6) is 0 Å². The normalized spacial score (nSPS) is 11.1. The Morgan fingerprint density at radius 1 is 1.21 bits per heavy atom.